The highest BCUT2D eigenvalue weighted by atomic mass is 79.9. The van der Waals surface area contributed by atoms with E-state index in [2.05, 4.69) is 15.9 Å². The number of esters is 1. The fraction of sp³-hybridized carbons (Fsp3) is 0.500. The third kappa shape index (κ3) is 3.50. The Morgan fingerprint density at radius 3 is 2.59 bits per heavy atom. The standard InChI is InChI=1S/C18H18BrCl2NO5/c1-8(23)24-7-13-15-16(27-18(2,3)26-15)17(25-13)22-12-6-11(21)10(20)4-9(12)5-14(22)19/h4-6,13,15-17H,7H2,1-3H3/t13-,15-,16-,17-/m1/s1. The minimum Gasteiger partial charge on any atom is -0.463 e. The summed E-state index contributed by atoms with van der Waals surface area (Å²) in [6.07, 6.45) is -1.67. The third-order valence-electron chi connectivity index (χ3n) is 4.66. The van der Waals surface area contributed by atoms with E-state index in [1.165, 1.54) is 6.92 Å². The molecular formula is C18H18BrCl2NO5. The fourth-order valence-corrected chi connectivity index (χ4v) is 4.62. The van der Waals surface area contributed by atoms with Crippen LogP contribution in [0.4, 0.5) is 0 Å². The Kier molecular flexibility index (Phi) is 4.98. The van der Waals surface area contributed by atoms with Crippen LogP contribution < -0.4 is 0 Å². The van der Waals surface area contributed by atoms with Gasteiger partial charge >= 0.3 is 5.97 Å². The van der Waals surface area contributed by atoms with Gasteiger partial charge in [0.2, 0.25) is 0 Å². The SMILES string of the molecule is CC(=O)OC[C@H]1O[C@@H](n2c(Br)cc3cc(Cl)c(Cl)cc32)[C@@H]2OC(C)(C)O[C@@H]21. The number of hydrogen-bond acceptors (Lipinski definition) is 5. The van der Waals surface area contributed by atoms with Crippen LogP contribution in [0, 0.1) is 0 Å². The van der Waals surface area contributed by atoms with Crippen LogP contribution in [0.3, 0.4) is 0 Å². The molecule has 2 aliphatic heterocycles. The molecule has 0 unspecified atom stereocenters. The van der Waals surface area contributed by atoms with Crippen LogP contribution in [0.25, 0.3) is 10.9 Å². The first-order valence-corrected chi connectivity index (χ1v) is 10.0. The first-order chi connectivity index (χ1) is 12.7. The lowest BCUT2D eigenvalue weighted by atomic mass is 10.1. The number of rotatable bonds is 3. The normalized spacial score (nSPS) is 29.3. The molecule has 0 spiro atoms. The Balaban J connectivity index is 1.74. The van der Waals surface area contributed by atoms with Crippen LogP contribution >= 0.6 is 39.1 Å². The van der Waals surface area contributed by atoms with Gasteiger partial charge in [-0.25, -0.2) is 0 Å². The molecule has 2 aromatic rings. The predicted molar refractivity (Wildman–Crippen MR) is 104 cm³/mol. The summed E-state index contributed by atoms with van der Waals surface area (Å²) in [5.74, 6) is -1.13. The van der Waals surface area contributed by atoms with E-state index in [-0.39, 0.29) is 24.8 Å². The van der Waals surface area contributed by atoms with Crippen molar-refractivity contribution in [3.63, 3.8) is 0 Å². The Bertz CT molecular complexity index is 915. The number of benzene rings is 1. The maximum atomic E-state index is 11.2. The molecule has 4 rings (SSSR count). The van der Waals surface area contributed by atoms with Gasteiger partial charge in [0.15, 0.2) is 12.0 Å². The molecule has 3 heterocycles. The summed E-state index contributed by atoms with van der Waals surface area (Å²) in [7, 11) is 0. The highest BCUT2D eigenvalue weighted by Gasteiger charge is 2.56. The molecule has 0 amide bonds. The van der Waals surface area contributed by atoms with Gasteiger partial charge in [0.1, 0.15) is 24.9 Å². The van der Waals surface area contributed by atoms with E-state index in [0.717, 1.165) is 15.5 Å². The first kappa shape index (κ1) is 19.5. The molecule has 0 radical (unpaired) electrons. The Morgan fingerprint density at radius 2 is 1.89 bits per heavy atom. The predicted octanol–water partition coefficient (Wildman–Crippen LogP) is 4.69. The van der Waals surface area contributed by atoms with E-state index in [1.807, 2.05) is 24.5 Å². The van der Waals surface area contributed by atoms with Crippen molar-refractivity contribution in [3.8, 4) is 0 Å². The minimum atomic E-state index is -0.762. The monoisotopic (exact) mass is 477 g/mol. The number of carbonyl (C=O) groups excluding carboxylic acids is 1. The van der Waals surface area contributed by atoms with Crippen LogP contribution in [0.15, 0.2) is 22.8 Å². The zero-order valence-electron chi connectivity index (χ0n) is 14.9. The number of nitrogens with zero attached hydrogens (tertiary/aromatic N) is 1. The second-order valence-corrected chi connectivity index (χ2v) is 8.72. The van der Waals surface area contributed by atoms with Gasteiger partial charge in [0, 0.05) is 12.3 Å². The Morgan fingerprint density at radius 1 is 1.22 bits per heavy atom. The lowest BCUT2D eigenvalue weighted by molar-refractivity contribution is -0.202. The molecule has 0 bridgehead atoms. The fourth-order valence-electron chi connectivity index (χ4n) is 3.65. The minimum absolute atomic E-state index is 0.0931. The van der Waals surface area contributed by atoms with Gasteiger partial charge in [0.25, 0.3) is 0 Å². The number of fused-ring (bicyclic) bond motifs is 2. The van der Waals surface area contributed by atoms with E-state index in [4.69, 9.17) is 42.1 Å². The van der Waals surface area contributed by atoms with Crippen molar-refractivity contribution in [2.45, 2.75) is 51.1 Å². The maximum absolute atomic E-state index is 11.2. The van der Waals surface area contributed by atoms with Gasteiger partial charge in [-0.05, 0) is 48.0 Å². The summed E-state index contributed by atoms with van der Waals surface area (Å²) in [6, 6.07) is 5.54. The summed E-state index contributed by atoms with van der Waals surface area (Å²) in [5, 5.41) is 1.84. The van der Waals surface area contributed by atoms with Gasteiger partial charge in [-0.2, -0.15) is 0 Å². The number of hydrogen-bond donors (Lipinski definition) is 0. The second-order valence-electron chi connectivity index (χ2n) is 7.09. The average molecular weight is 479 g/mol. The summed E-state index contributed by atoms with van der Waals surface area (Å²) in [5.41, 5.74) is 0.849. The number of carbonyl (C=O) groups is 1. The number of halogens is 3. The molecule has 0 aliphatic carbocycles. The molecule has 4 atom stereocenters. The van der Waals surface area contributed by atoms with Gasteiger partial charge in [-0.1, -0.05) is 23.2 Å². The lowest BCUT2D eigenvalue weighted by Crippen LogP contribution is -2.33. The quantitative estimate of drug-likeness (QED) is 0.599. The van der Waals surface area contributed by atoms with E-state index in [9.17, 15) is 4.79 Å². The number of ether oxygens (including phenoxy) is 4. The highest BCUT2D eigenvalue weighted by molar-refractivity contribution is 9.10. The molecule has 1 aromatic carbocycles. The van der Waals surface area contributed by atoms with Gasteiger partial charge in [-0.15, -0.1) is 0 Å². The van der Waals surface area contributed by atoms with Crippen molar-refractivity contribution < 1.29 is 23.7 Å². The average Bonchev–Trinajstić information content (AvgIpc) is 3.14. The molecule has 2 fully saturated rings. The summed E-state index contributed by atoms with van der Waals surface area (Å²) < 4.78 is 26.3. The smallest absolute Gasteiger partial charge is 0.302 e. The third-order valence-corrected chi connectivity index (χ3v) is 6.00. The molecule has 2 aliphatic rings. The van der Waals surface area contributed by atoms with Crippen molar-refractivity contribution in [1.82, 2.24) is 4.57 Å². The zero-order chi connectivity index (χ0) is 19.5. The van der Waals surface area contributed by atoms with Crippen molar-refractivity contribution >= 4 is 56.0 Å². The van der Waals surface area contributed by atoms with Crippen molar-refractivity contribution in [2.24, 2.45) is 0 Å². The zero-order valence-corrected chi connectivity index (χ0v) is 18.0. The van der Waals surface area contributed by atoms with E-state index in [1.54, 1.807) is 12.1 Å². The lowest BCUT2D eigenvalue weighted by Gasteiger charge is -2.25. The van der Waals surface area contributed by atoms with E-state index in [0.29, 0.717) is 10.0 Å². The maximum Gasteiger partial charge on any atom is 0.302 e. The largest absolute Gasteiger partial charge is 0.463 e. The second kappa shape index (κ2) is 6.90. The molecule has 27 heavy (non-hydrogen) atoms. The highest BCUT2D eigenvalue weighted by Crippen LogP contribution is 2.46. The molecule has 0 saturated carbocycles. The van der Waals surface area contributed by atoms with Gasteiger partial charge in [-0.3, -0.25) is 4.79 Å². The molecule has 2 saturated heterocycles. The van der Waals surface area contributed by atoms with Crippen molar-refractivity contribution in [1.29, 1.82) is 0 Å². The summed E-state index contributed by atoms with van der Waals surface area (Å²) in [6.45, 7) is 5.16. The van der Waals surface area contributed by atoms with Crippen LogP contribution in [0.2, 0.25) is 10.0 Å². The molecule has 0 N–H and O–H groups in total. The first-order valence-electron chi connectivity index (χ1n) is 8.46. The molecule has 1 aromatic heterocycles. The molecular weight excluding hydrogens is 461 g/mol. The Hall–Kier alpha value is -0.830. The Labute approximate surface area is 174 Å². The van der Waals surface area contributed by atoms with E-state index >= 15 is 0 Å². The van der Waals surface area contributed by atoms with Crippen molar-refractivity contribution in [2.75, 3.05) is 6.61 Å². The summed E-state index contributed by atoms with van der Waals surface area (Å²) >= 11 is 16.0. The molecule has 6 nitrogen and oxygen atoms in total. The van der Waals surface area contributed by atoms with E-state index < -0.39 is 18.1 Å². The van der Waals surface area contributed by atoms with Crippen LogP contribution in [-0.4, -0.2) is 41.2 Å². The van der Waals surface area contributed by atoms with Crippen molar-refractivity contribution in [3.05, 3.63) is 32.8 Å². The van der Waals surface area contributed by atoms with Gasteiger partial charge < -0.3 is 23.5 Å². The number of aromatic nitrogens is 1. The van der Waals surface area contributed by atoms with Crippen LogP contribution in [0.5, 0.6) is 0 Å². The van der Waals surface area contributed by atoms with Crippen LogP contribution in [0.1, 0.15) is 27.0 Å². The molecule has 9 heteroatoms. The van der Waals surface area contributed by atoms with Gasteiger partial charge in [0.05, 0.1) is 20.2 Å². The molecule has 146 valence electrons. The van der Waals surface area contributed by atoms with Crippen LogP contribution in [-0.2, 0) is 23.7 Å². The summed E-state index contributed by atoms with van der Waals surface area (Å²) in [4.78, 5) is 11.2. The topological polar surface area (TPSA) is 58.9 Å².